The highest BCUT2D eigenvalue weighted by atomic mass is 16.5. The summed E-state index contributed by atoms with van der Waals surface area (Å²) >= 11 is 0. The van der Waals surface area contributed by atoms with Crippen molar-refractivity contribution in [2.75, 3.05) is 0 Å². The molecule has 1 amide bonds. The molecular formula is C21H25N3O2. The molecule has 0 aliphatic carbocycles. The summed E-state index contributed by atoms with van der Waals surface area (Å²) in [6.07, 6.45) is 4.65. The van der Waals surface area contributed by atoms with E-state index in [-0.39, 0.29) is 0 Å². The predicted octanol–water partition coefficient (Wildman–Crippen LogP) is 4.06. The van der Waals surface area contributed by atoms with E-state index in [1.54, 1.807) is 26.2 Å². The molecule has 2 N–H and O–H groups in total. The van der Waals surface area contributed by atoms with Gasteiger partial charge in [0, 0.05) is 41.1 Å². The van der Waals surface area contributed by atoms with E-state index in [0.29, 0.717) is 5.75 Å². The number of ether oxygens (including phenoxy) is 1. The molecule has 0 saturated carbocycles. The number of aromatic nitrogens is 2. The van der Waals surface area contributed by atoms with Crippen LogP contribution in [0.5, 0.6) is 5.75 Å². The monoisotopic (exact) mass is 351 g/mol. The second-order valence-corrected chi connectivity index (χ2v) is 7.00. The lowest BCUT2D eigenvalue weighted by molar-refractivity contribution is -0.130. The van der Waals surface area contributed by atoms with E-state index in [9.17, 15) is 4.79 Å². The van der Waals surface area contributed by atoms with Crippen LogP contribution in [-0.2, 0) is 11.3 Å². The highest BCUT2D eigenvalue weighted by molar-refractivity contribution is 5.99. The van der Waals surface area contributed by atoms with Crippen molar-refractivity contribution in [1.82, 2.24) is 9.55 Å². The number of aryl methyl sites for hydroxylation is 1. The molecule has 0 radical (unpaired) electrons. The number of fused-ring (bicyclic) bond motifs is 1. The summed E-state index contributed by atoms with van der Waals surface area (Å²) in [5, 5.41) is 1.10. The van der Waals surface area contributed by atoms with Crippen molar-refractivity contribution in [3.05, 3.63) is 48.4 Å². The Labute approximate surface area is 153 Å². The van der Waals surface area contributed by atoms with Gasteiger partial charge in [0.05, 0.1) is 0 Å². The number of amides is 1. The van der Waals surface area contributed by atoms with E-state index < -0.39 is 11.5 Å². The zero-order valence-electron chi connectivity index (χ0n) is 15.7. The molecule has 1 aromatic carbocycles. The first-order chi connectivity index (χ1) is 12.3. The van der Waals surface area contributed by atoms with Crippen molar-refractivity contribution in [3.8, 4) is 16.9 Å². The van der Waals surface area contributed by atoms with Crippen molar-refractivity contribution >= 4 is 16.8 Å². The maximum atomic E-state index is 11.6. The van der Waals surface area contributed by atoms with Crippen molar-refractivity contribution in [2.45, 2.75) is 46.3 Å². The van der Waals surface area contributed by atoms with Crippen molar-refractivity contribution in [3.63, 3.8) is 0 Å². The lowest BCUT2D eigenvalue weighted by Gasteiger charge is -2.22. The minimum atomic E-state index is -1.06. The number of primary amides is 1. The second kappa shape index (κ2) is 6.83. The smallest absolute Gasteiger partial charge is 0.261 e. The minimum absolute atomic E-state index is 0.494. The predicted molar refractivity (Wildman–Crippen MR) is 104 cm³/mol. The highest BCUT2D eigenvalue weighted by Crippen LogP contribution is 2.37. The first kappa shape index (κ1) is 18.0. The fourth-order valence-electron chi connectivity index (χ4n) is 3.26. The molecule has 5 nitrogen and oxygen atoms in total. The molecule has 3 aromatic rings. The van der Waals surface area contributed by atoms with Gasteiger partial charge in [0.2, 0.25) is 0 Å². The normalized spacial score (nSPS) is 11.7. The molecule has 3 rings (SSSR count). The summed E-state index contributed by atoms with van der Waals surface area (Å²) in [5.74, 6) is 0.136. The maximum absolute atomic E-state index is 11.6. The summed E-state index contributed by atoms with van der Waals surface area (Å²) in [5.41, 5.74) is 9.02. The van der Waals surface area contributed by atoms with E-state index >= 15 is 0 Å². The zero-order chi connectivity index (χ0) is 18.9. The van der Waals surface area contributed by atoms with Gasteiger partial charge in [0.15, 0.2) is 5.60 Å². The molecule has 2 aromatic heterocycles. The van der Waals surface area contributed by atoms with Crippen LogP contribution in [0.1, 0.15) is 32.9 Å². The third-order valence-electron chi connectivity index (χ3n) is 4.68. The third-order valence-corrected chi connectivity index (χ3v) is 4.68. The third kappa shape index (κ3) is 3.17. The Hall–Kier alpha value is -2.82. The van der Waals surface area contributed by atoms with Gasteiger partial charge < -0.3 is 15.0 Å². The highest BCUT2D eigenvalue weighted by Gasteiger charge is 2.27. The first-order valence-electron chi connectivity index (χ1n) is 8.87. The number of rotatable bonds is 6. The zero-order valence-corrected chi connectivity index (χ0v) is 15.7. The fourth-order valence-corrected chi connectivity index (χ4v) is 3.26. The van der Waals surface area contributed by atoms with E-state index in [4.69, 9.17) is 10.5 Å². The van der Waals surface area contributed by atoms with Crippen LogP contribution in [0.4, 0.5) is 0 Å². The standard InChI is InChI=1S/C21H25N3O2/c1-5-12-24-14(2)19(15-8-10-23-11-9-15)17-13-16(6-7-18(17)24)26-21(3,4)20(22)25/h6-11,13H,5,12H2,1-4H3,(H2,22,25). The molecule has 0 aliphatic rings. The lowest BCUT2D eigenvalue weighted by atomic mass is 10.0. The minimum Gasteiger partial charge on any atom is -0.478 e. The Morgan fingerprint density at radius 2 is 1.92 bits per heavy atom. The Balaban J connectivity index is 2.20. The van der Waals surface area contributed by atoms with Crippen LogP contribution in [0.25, 0.3) is 22.0 Å². The summed E-state index contributed by atoms with van der Waals surface area (Å²) in [4.78, 5) is 15.7. The van der Waals surface area contributed by atoms with Crippen LogP contribution in [0.2, 0.25) is 0 Å². The topological polar surface area (TPSA) is 70.1 Å². The van der Waals surface area contributed by atoms with Gasteiger partial charge >= 0.3 is 0 Å². The number of hydrogen-bond acceptors (Lipinski definition) is 3. The molecule has 0 fully saturated rings. The Morgan fingerprint density at radius 1 is 1.23 bits per heavy atom. The maximum Gasteiger partial charge on any atom is 0.261 e. The largest absolute Gasteiger partial charge is 0.478 e. The molecule has 26 heavy (non-hydrogen) atoms. The van der Waals surface area contributed by atoms with E-state index in [1.807, 2.05) is 24.3 Å². The Kier molecular flexibility index (Phi) is 4.72. The molecule has 0 atom stereocenters. The Morgan fingerprint density at radius 3 is 2.54 bits per heavy atom. The molecule has 0 saturated heterocycles. The van der Waals surface area contributed by atoms with Gasteiger partial charge in [-0.1, -0.05) is 6.92 Å². The van der Waals surface area contributed by atoms with Crippen LogP contribution < -0.4 is 10.5 Å². The van der Waals surface area contributed by atoms with E-state index in [2.05, 4.69) is 29.5 Å². The fraction of sp³-hybridized carbons (Fsp3) is 0.333. The van der Waals surface area contributed by atoms with Gasteiger partial charge in [-0.3, -0.25) is 9.78 Å². The van der Waals surface area contributed by atoms with Gasteiger partial charge in [0.25, 0.3) is 5.91 Å². The van der Waals surface area contributed by atoms with Gasteiger partial charge in [-0.05, 0) is 63.1 Å². The molecule has 0 aliphatic heterocycles. The van der Waals surface area contributed by atoms with Gasteiger partial charge in [-0.25, -0.2) is 0 Å². The SMILES string of the molecule is CCCn1c(C)c(-c2ccncc2)c2cc(OC(C)(C)C(N)=O)ccc21. The summed E-state index contributed by atoms with van der Waals surface area (Å²) in [6.45, 7) is 8.61. The first-order valence-corrected chi connectivity index (χ1v) is 8.87. The van der Waals surface area contributed by atoms with E-state index in [0.717, 1.165) is 35.0 Å². The number of carbonyl (C=O) groups excluding carboxylic acids is 1. The summed E-state index contributed by atoms with van der Waals surface area (Å²) < 4.78 is 8.20. The Bertz CT molecular complexity index is 943. The number of hydrogen-bond donors (Lipinski definition) is 1. The summed E-state index contributed by atoms with van der Waals surface area (Å²) in [7, 11) is 0. The number of nitrogens with zero attached hydrogens (tertiary/aromatic N) is 2. The molecule has 0 spiro atoms. The quantitative estimate of drug-likeness (QED) is 0.728. The van der Waals surface area contributed by atoms with Crippen LogP contribution in [0, 0.1) is 6.92 Å². The van der Waals surface area contributed by atoms with Crippen LogP contribution >= 0.6 is 0 Å². The van der Waals surface area contributed by atoms with Crippen molar-refractivity contribution in [1.29, 1.82) is 0 Å². The van der Waals surface area contributed by atoms with Crippen molar-refractivity contribution < 1.29 is 9.53 Å². The average Bonchev–Trinajstić information content (AvgIpc) is 2.87. The van der Waals surface area contributed by atoms with Gasteiger partial charge in [-0.15, -0.1) is 0 Å². The number of nitrogens with two attached hydrogens (primary N) is 1. The van der Waals surface area contributed by atoms with Gasteiger partial charge in [0.1, 0.15) is 5.75 Å². The average molecular weight is 351 g/mol. The molecular weight excluding hydrogens is 326 g/mol. The molecule has 136 valence electrons. The molecule has 0 bridgehead atoms. The number of pyridine rings is 1. The van der Waals surface area contributed by atoms with E-state index in [1.165, 1.54) is 5.69 Å². The molecule has 0 unspecified atom stereocenters. The molecule has 5 heteroatoms. The second-order valence-electron chi connectivity index (χ2n) is 7.00. The van der Waals surface area contributed by atoms with Crippen molar-refractivity contribution in [2.24, 2.45) is 5.73 Å². The van der Waals surface area contributed by atoms with Gasteiger partial charge in [-0.2, -0.15) is 0 Å². The summed E-state index contributed by atoms with van der Waals surface area (Å²) in [6, 6.07) is 9.97. The molecule has 2 heterocycles. The number of benzene rings is 1. The van der Waals surface area contributed by atoms with Crippen LogP contribution in [0.3, 0.4) is 0 Å². The number of carbonyl (C=O) groups is 1. The van der Waals surface area contributed by atoms with Crippen LogP contribution in [0.15, 0.2) is 42.7 Å². The van der Waals surface area contributed by atoms with Crippen LogP contribution in [-0.4, -0.2) is 21.1 Å². The lowest BCUT2D eigenvalue weighted by Crippen LogP contribution is -2.43.